The van der Waals surface area contributed by atoms with Crippen LogP contribution in [0.1, 0.15) is 35.6 Å². The summed E-state index contributed by atoms with van der Waals surface area (Å²) in [6, 6.07) is 7.25. The second kappa shape index (κ2) is 7.53. The smallest absolute Gasteiger partial charge is 0.282 e. The largest absolute Gasteiger partial charge is 0.290 e. The van der Waals surface area contributed by atoms with Gasteiger partial charge >= 0.3 is 0 Å². The maximum absolute atomic E-state index is 12.8. The Morgan fingerprint density at radius 3 is 2.57 bits per heavy atom. The van der Waals surface area contributed by atoms with Gasteiger partial charge < -0.3 is 0 Å². The Kier molecular flexibility index (Phi) is 5.46. The van der Waals surface area contributed by atoms with E-state index in [-0.39, 0.29) is 17.9 Å². The molecule has 0 aliphatic rings. The number of nitrogens with zero attached hydrogens (tertiary/aromatic N) is 1. The van der Waals surface area contributed by atoms with Crippen molar-refractivity contribution < 1.29 is 14.0 Å². The van der Waals surface area contributed by atoms with Gasteiger partial charge in [-0.15, -0.1) is 0 Å². The Labute approximate surface area is 133 Å². The lowest BCUT2D eigenvalue weighted by Gasteiger charge is -2.06. The standard InChI is InChI=1S/C16H19FN4O2/c1-10(2)7-13-9-14(19-18-13)16(23)21-20-15(22)8-11-3-5-12(17)6-4-11/h3-6,9-10H,7-8H2,1-2H3,(H,18,19)(H,20,22)(H,21,23). The van der Waals surface area contributed by atoms with Crippen LogP contribution in [0.15, 0.2) is 30.3 Å². The maximum Gasteiger partial charge on any atom is 0.290 e. The van der Waals surface area contributed by atoms with E-state index in [0.717, 1.165) is 12.1 Å². The summed E-state index contributed by atoms with van der Waals surface area (Å²) >= 11 is 0. The van der Waals surface area contributed by atoms with E-state index in [9.17, 15) is 14.0 Å². The van der Waals surface area contributed by atoms with Gasteiger partial charge in [0.2, 0.25) is 5.91 Å². The molecule has 6 nitrogen and oxygen atoms in total. The second-order valence-electron chi connectivity index (χ2n) is 5.68. The van der Waals surface area contributed by atoms with Crippen molar-refractivity contribution in [3.05, 3.63) is 53.1 Å². The van der Waals surface area contributed by atoms with Crippen LogP contribution in [0.5, 0.6) is 0 Å². The van der Waals surface area contributed by atoms with Crippen molar-refractivity contribution in [2.75, 3.05) is 0 Å². The van der Waals surface area contributed by atoms with Crippen LogP contribution in [0.4, 0.5) is 4.39 Å². The van der Waals surface area contributed by atoms with E-state index >= 15 is 0 Å². The summed E-state index contributed by atoms with van der Waals surface area (Å²) < 4.78 is 12.8. The van der Waals surface area contributed by atoms with Crippen LogP contribution in [-0.4, -0.2) is 22.0 Å². The summed E-state index contributed by atoms with van der Waals surface area (Å²) in [6.07, 6.45) is 0.830. The topological polar surface area (TPSA) is 86.9 Å². The molecule has 3 N–H and O–H groups in total. The highest BCUT2D eigenvalue weighted by Crippen LogP contribution is 2.06. The molecule has 122 valence electrons. The number of rotatable bonds is 5. The first-order valence-electron chi connectivity index (χ1n) is 7.32. The molecule has 0 saturated carbocycles. The molecular formula is C16H19FN4O2. The lowest BCUT2D eigenvalue weighted by molar-refractivity contribution is -0.121. The summed E-state index contributed by atoms with van der Waals surface area (Å²) in [5, 5.41) is 6.70. The number of aromatic amines is 1. The van der Waals surface area contributed by atoms with Crippen LogP contribution in [-0.2, 0) is 17.6 Å². The van der Waals surface area contributed by atoms with Crippen LogP contribution < -0.4 is 10.9 Å². The number of carbonyl (C=O) groups excluding carboxylic acids is 2. The number of hydrogen-bond acceptors (Lipinski definition) is 3. The molecule has 0 fully saturated rings. The van der Waals surface area contributed by atoms with Crippen LogP contribution in [0.2, 0.25) is 0 Å². The minimum absolute atomic E-state index is 0.0414. The highest BCUT2D eigenvalue weighted by atomic mass is 19.1. The number of nitrogens with one attached hydrogen (secondary N) is 3. The van der Waals surface area contributed by atoms with Gasteiger partial charge in [-0.1, -0.05) is 26.0 Å². The number of halogens is 1. The SMILES string of the molecule is CC(C)Cc1cc(C(=O)NNC(=O)Cc2ccc(F)cc2)n[nH]1. The van der Waals surface area contributed by atoms with Crippen LogP contribution in [0, 0.1) is 11.7 Å². The molecule has 0 saturated heterocycles. The molecule has 1 heterocycles. The minimum Gasteiger partial charge on any atom is -0.282 e. The minimum atomic E-state index is -0.497. The molecule has 7 heteroatoms. The predicted molar refractivity (Wildman–Crippen MR) is 82.8 cm³/mol. The third-order valence-electron chi connectivity index (χ3n) is 3.09. The Bertz CT molecular complexity index is 680. The Morgan fingerprint density at radius 1 is 1.22 bits per heavy atom. The molecule has 2 amide bonds. The summed E-state index contributed by atoms with van der Waals surface area (Å²) in [5.41, 5.74) is 6.33. The fourth-order valence-corrected chi connectivity index (χ4v) is 2.04. The average Bonchev–Trinajstić information content (AvgIpc) is 2.95. The fraction of sp³-hybridized carbons (Fsp3) is 0.312. The number of H-pyrrole nitrogens is 1. The number of hydrogen-bond donors (Lipinski definition) is 3. The van der Waals surface area contributed by atoms with Gasteiger partial charge in [-0.25, -0.2) is 4.39 Å². The van der Waals surface area contributed by atoms with E-state index in [1.165, 1.54) is 24.3 Å². The zero-order valence-corrected chi connectivity index (χ0v) is 13.0. The second-order valence-corrected chi connectivity index (χ2v) is 5.68. The molecule has 23 heavy (non-hydrogen) atoms. The fourth-order valence-electron chi connectivity index (χ4n) is 2.04. The Morgan fingerprint density at radius 2 is 1.91 bits per heavy atom. The molecule has 1 aromatic heterocycles. The number of benzene rings is 1. The third-order valence-corrected chi connectivity index (χ3v) is 3.09. The van der Waals surface area contributed by atoms with Crippen LogP contribution in [0.3, 0.4) is 0 Å². The molecule has 2 rings (SSSR count). The van der Waals surface area contributed by atoms with Crippen molar-refractivity contribution in [2.24, 2.45) is 5.92 Å². The van der Waals surface area contributed by atoms with Crippen molar-refractivity contribution in [1.29, 1.82) is 0 Å². The number of amides is 2. The lowest BCUT2D eigenvalue weighted by Crippen LogP contribution is -2.42. The molecule has 0 bridgehead atoms. The normalized spacial score (nSPS) is 10.6. The summed E-state index contributed by atoms with van der Waals surface area (Å²) in [7, 11) is 0. The molecule has 0 spiro atoms. The number of aromatic nitrogens is 2. The number of hydrazine groups is 1. The zero-order chi connectivity index (χ0) is 16.8. The maximum atomic E-state index is 12.8. The highest BCUT2D eigenvalue weighted by Gasteiger charge is 2.12. The monoisotopic (exact) mass is 318 g/mol. The van der Waals surface area contributed by atoms with Gasteiger partial charge in [-0.05, 0) is 36.1 Å². The van der Waals surface area contributed by atoms with Gasteiger partial charge in [-0.3, -0.25) is 25.5 Å². The Hall–Kier alpha value is -2.70. The first-order valence-corrected chi connectivity index (χ1v) is 7.32. The van der Waals surface area contributed by atoms with Crippen LogP contribution >= 0.6 is 0 Å². The molecule has 0 atom stereocenters. The molecule has 2 aromatic rings. The van der Waals surface area contributed by atoms with Crippen molar-refractivity contribution in [3.63, 3.8) is 0 Å². The molecule has 0 radical (unpaired) electrons. The first kappa shape index (κ1) is 16.7. The summed E-state index contributed by atoms with van der Waals surface area (Å²) in [5.74, 6) is -0.813. The average molecular weight is 318 g/mol. The van der Waals surface area contributed by atoms with Gasteiger partial charge in [0.25, 0.3) is 5.91 Å². The Balaban J connectivity index is 1.82. The van der Waals surface area contributed by atoms with E-state index in [1.807, 2.05) is 0 Å². The van der Waals surface area contributed by atoms with Crippen molar-refractivity contribution in [3.8, 4) is 0 Å². The molecule has 0 aliphatic heterocycles. The van der Waals surface area contributed by atoms with Gasteiger partial charge in [0.05, 0.1) is 6.42 Å². The van der Waals surface area contributed by atoms with Crippen molar-refractivity contribution in [2.45, 2.75) is 26.7 Å². The van der Waals surface area contributed by atoms with Crippen molar-refractivity contribution >= 4 is 11.8 Å². The van der Waals surface area contributed by atoms with E-state index in [4.69, 9.17) is 0 Å². The summed E-state index contributed by atoms with van der Waals surface area (Å²) in [6.45, 7) is 4.13. The van der Waals surface area contributed by atoms with Gasteiger partial charge in [0, 0.05) is 5.69 Å². The molecule has 0 aliphatic carbocycles. The van der Waals surface area contributed by atoms with Crippen molar-refractivity contribution in [1.82, 2.24) is 21.0 Å². The molecule has 1 aromatic carbocycles. The van der Waals surface area contributed by atoms with Gasteiger partial charge in [0.1, 0.15) is 5.82 Å². The van der Waals surface area contributed by atoms with E-state index in [0.29, 0.717) is 11.5 Å². The zero-order valence-electron chi connectivity index (χ0n) is 13.0. The lowest BCUT2D eigenvalue weighted by atomic mass is 10.1. The highest BCUT2D eigenvalue weighted by molar-refractivity contribution is 5.93. The molecule has 0 unspecified atom stereocenters. The van der Waals surface area contributed by atoms with E-state index < -0.39 is 11.8 Å². The third kappa shape index (κ3) is 5.21. The molecular weight excluding hydrogens is 299 g/mol. The van der Waals surface area contributed by atoms with E-state index in [2.05, 4.69) is 34.9 Å². The van der Waals surface area contributed by atoms with Gasteiger partial charge in [-0.2, -0.15) is 5.10 Å². The predicted octanol–water partition coefficient (Wildman–Crippen LogP) is 1.75. The van der Waals surface area contributed by atoms with Crippen LogP contribution in [0.25, 0.3) is 0 Å². The quantitative estimate of drug-likeness (QED) is 0.734. The van der Waals surface area contributed by atoms with Gasteiger partial charge in [0.15, 0.2) is 5.69 Å². The van der Waals surface area contributed by atoms with E-state index in [1.54, 1.807) is 6.07 Å². The first-order chi connectivity index (χ1) is 10.9. The number of carbonyl (C=O) groups is 2. The summed E-state index contributed by atoms with van der Waals surface area (Å²) in [4.78, 5) is 23.6.